The SMILES string of the molecule is Cc1ccc(OCC(=O)NCC(C)(C)CN(C)C)c(C)c1. The van der Waals surface area contributed by atoms with Crippen molar-refractivity contribution in [2.75, 3.05) is 33.8 Å². The zero-order valence-electron chi connectivity index (χ0n) is 14.1. The van der Waals surface area contributed by atoms with E-state index in [-0.39, 0.29) is 17.9 Å². The van der Waals surface area contributed by atoms with E-state index in [2.05, 4.69) is 24.1 Å². The molecule has 118 valence electrons. The second kappa shape index (κ2) is 7.46. The number of benzene rings is 1. The number of carbonyl (C=O) groups is 1. The van der Waals surface area contributed by atoms with E-state index in [0.717, 1.165) is 17.9 Å². The van der Waals surface area contributed by atoms with Gasteiger partial charge in [0.25, 0.3) is 5.91 Å². The molecule has 0 bridgehead atoms. The van der Waals surface area contributed by atoms with Crippen LogP contribution >= 0.6 is 0 Å². The fourth-order valence-corrected chi connectivity index (χ4v) is 2.41. The minimum absolute atomic E-state index is 0.0406. The Bertz CT molecular complexity index is 482. The summed E-state index contributed by atoms with van der Waals surface area (Å²) in [4.78, 5) is 14.0. The third-order valence-electron chi connectivity index (χ3n) is 3.20. The van der Waals surface area contributed by atoms with Crippen molar-refractivity contribution in [2.24, 2.45) is 5.41 Å². The number of nitrogens with zero attached hydrogens (tertiary/aromatic N) is 1. The molecule has 4 nitrogen and oxygen atoms in total. The Morgan fingerprint density at radius 1 is 1.29 bits per heavy atom. The molecule has 0 fully saturated rings. The first-order valence-electron chi connectivity index (χ1n) is 7.31. The molecule has 0 aliphatic carbocycles. The predicted molar refractivity (Wildman–Crippen MR) is 86.8 cm³/mol. The molecule has 0 aliphatic heterocycles. The van der Waals surface area contributed by atoms with Crippen LogP contribution in [0.4, 0.5) is 0 Å². The topological polar surface area (TPSA) is 41.6 Å². The Morgan fingerprint density at radius 2 is 1.95 bits per heavy atom. The molecule has 0 saturated carbocycles. The first kappa shape index (κ1) is 17.5. The van der Waals surface area contributed by atoms with E-state index in [1.165, 1.54) is 5.56 Å². The number of hydrogen-bond acceptors (Lipinski definition) is 3. The van der Waals surface area contributed by atoms with Crippen LogP contribution in [0.15, 0.2) is 18.2 Å². The van der Waals surface area contributed by atoms with Gasteiger partial charge in [0.2, 0.25) is 0 Å². The maximum atomic E-state index is 11.9. The minimum atomic E-state index is -0.0817. The van der Waals surface area contributed by atoms with Crippen LogP contribution in [0.3, 0.4) is 0 Å². The average Bonchev–Trinajstić information content (AvgIpc) is 2.34. The van der Waals surface area contributed by atoms with Crippen molar-refractivity contribution in [2.45, 2.75) is 27.7 Å². The Balaban J connectivity index is 2.41. The highest BCUT2D eigenvalue weighted by Gasteiger charge is 2.19. The Labute approximate surface area is 128 Å². The van der Waals surface area contributed by atoms with Gasteiger partial charge in [0.15, 0.2) is 6.61 Å². The second-order valence-corrected chi connectivity index (χ2v) is 6.74. The van der Waals surface area contributed by atoms with Crippen LogP contribution in [0.1, 0.15) is 25.0 Å². The zero-order valence-corrected chi connectivity index (χ0v) is 14.1. The molecular weight excluding hydrogens is 264 g/mol. The molecule has 0 spiro atoms. The Kier molecular flexibility index (Phi) is 6.21. The van der Waals surface area contributed by atoms with E-state index >= 15 is 0 Å². The van der Waals surface area contributed by atoms with Crippen LogP contribution in [-0.4, -0.2) is 44.6 Å². The van der Waals surface area contributed by atoms with Gasteiger partial charge < -0.3 is 15.0 Å². The van der Waals surface area contributed by atoms with Crippen molar-refractivity contribution in [3.8, 4) is 5.75 Å². The molecule has 0 radical (unpaired) electrons. The summed E-state index contributed by atoms with van der Waals surface area (Å²) >= 11 is 0. The number of rotatable bonds is 7. The van der Waals surface area contributed by atoms with Crippen LogP contribution in [0.2, 0.25) is 0 Å². The van der Waals surface area contributed by atoms with Crippen LogP contribution in [-0.2, 0) is 4.79 Å². The summed E-state index contributed by atoms with van der Waals surface area (Å²) < 4.78 is 5.58. The first-order valence-corrected chi connectivity index (χ1v) is 7.31. The lowest BCUT2D eigenvalue weighted by Gasteiger charge is -2.28. The molecule has 0 atom stereocenters. The van der Waals surface area contributed by atoms with Crippen LogP contribution in [0.25, 0.3) is 0 Å². The Hall–Kier alpha value is -1.55. The fraction of sp³-hybridized carbons (Fsp3) is 0.588. The summed E-state index contributed by atoms with van der Waals surface area (Å²) in [5.74, 6) is 0.685. The molecule has 1 N–H and O–H groups in total. The standard InChI is InChI=1S/C17H28N2O2/c1-13-7-8-15(14(2)9-13)21-10-16(20)18-11-17(3,4)12-19(5)6/h7-9H,10-12H2,1-6H3,(H,18,20). The lowest BCUT2D eigenvalue weighted by atomic mass is 9.93. The molecule has 1 aromatic rings. The normalized spacial score (nSPS) is 11.6. The predicted octanol–water partition coefficient (Wildman–Crippen LogP) is 2.39. The lowest BCUT2D eigenvalue weighted by molar-refractivity contribution is -0.123. The third-order valence-corrected chi connectivity index (χ3v) is 3.20. The van der Waals surface area contributed by atoms with Crippen molar-refractivity contribution in [3.63, 3.8) is 0 Å². The molecule has 0 unspecified atom stereocenters. The minimum Gasteiger partial charge on any atom is -0.484 e. The van der Waals surface area contributed by atoms with E-state index in [0.29, 0.717) is 6.54 Å². The number of ether oxygens (including phenoxy) is 1. The first-order chi connectivity index (χ1) is 9.69. The van der Waals surface area contributed by atoms with Crippen molar-refractivity contribution >= 4 is 5.91 Å². The van der Waals surface area contributed by atoms with Crippen molar-refractivity contribution < 1.29 is 9.53 Å². The van der Waals surface area contributed by atoms with E-state index in [1.54, 1.807) is 0 Å². The number of carbonyl (C=O) groups excluding carboxylic acids is 1. The zero-order chi connectivity index (χ0) is 16.0. The van der Waals surface area contributed by atoms with Gasteiger partial charge >= 0.3 is 0 Å². The number of aryl methyl sites for hydroxylation is 2. The number of nitrogens with one attached hydrogen (secondary N) is 1. The highest BCUT2D eigenvalue weighted by atomic mass is 16.5. The van der Waals surface area contributed by atoms with E-state index in [9.17, 15) is 4.79 Å². The van der Waals surface area contributed by atoms with Gasteiger partial charge in [-0.3, -0.25) is 4.79 Å². The molecule has 21 heavy (non-hydrogen) atoms. The molecular formula is C17H28N2O2. The van der Waals surface area contributed by atoms with Crippen molar-refractivity contribution in [1.29, 1.82) is 0 Å². The van der Waals surface area contributed by atoms with E-state index in [1.807, 2.05) is 46.1 Å². The van der Waals surface area contributed by atoms with Gasteiger partial charge in [-0.25, -0.2) is 0 Å². The monoisotopic (exact) mass is 292 g/mol. The van der Waals surface area contributed by atoms with E-state index in [4.69, 9.17) is 4.74 Å². The van der Waals surface area contributed by atoms with Gasteiger partial charge in [-0.1, -0.05) is 31.5 Å². The lowest BCUT2D eigenvalue weighted by Crippen LogP contribution is -2.41. The summed E-state index contributed by atoms with van der Waals surface area (Å²) in [5.41, 5.74) is 2.28. The van der Waals surface area contributed by atoms with Crippen LogP contribution in [0, 0.1) is 19.3 Å². The van der Waals surface area contributed by atoms with Gasteiger partial charge in [-0.05, 0) is 45.0 Å². The number of hydrogen-bond donors (Lipinski definition) is 1. The second-order valence-electron chi connectivity index (χ2n) is 6.74. The average molecular weight is 292 g/mol. The largest absolute Gasteiger partial charge is 0.484 e. The highest BCUT2D eigenvalue weighted by Crippen LogP contribution is 2.18. The Morgan fingerprint density at radius 3 is 2.52 bits per heavy atom. The molecule has 1 amide bonds. The maximum Gasteiger partial charge on any atom is 0.257 e. The summed E-state index contributed by atoms with van der Waals surface area (Å²) in [6.45, 7) is 9.92. The van der Waals surface area contributed by atoms with Crippen LogP contribution in [0.5, 0.6) is 5.75 Å². The van der Waals surface area contributed by atoms with Gasteiger partial charge in [0, 0.05) is 13.1 Å². The quantitative estimate of drug-likeness (QED) is 0.839. The summed E-state index contributed by atoms with van der Waals surface area (Å²) in [6, 6.07) is 5.95. The molecule has 1 rings (SSSR count). The molecule has 4 heteroatoms. The summed E-state index contributed by atoms with van der Waals surface area (Å²) in [5, 5.41) is 2.94. The fourth-order valence-electron chi connectivity index (χ4n) is 2.41. The van der Waals surface area contributed by atoms with Gasteiger partial charge in [0.05, 0.1) is 0 Å². The third kappa shape index (κ3) is 6.63. The van der Waals surface area contributed by atoms with Crippen molar-refractivity contribution in [3.05, 3.63) is 29.3 Å². The maximum absolute atomic E-state index is 11.9. The molecule has 1 aromatic carbocycles. The molecule has 0 heterocycles. The smallest absolute Gasteiger partial charge is 0.257 e. The van der Waals surface area contributed by atoms with Gasteiger partial charge in [-0.15, -0.1) is 0 Å². The highest BCUT2D eigenvalue weighted by molar-refractivity contribution is 5.77. The molecule has 0 saturated heterocycles. The molecule has 0 aromatic heterocycles. The summed E-state index contributed by atoms with van der Waals surface area (Å²) in [6.07, 6.45) is 0. The van der Waals surface area contributed by atoms with Gasteiger partial charge in [-0.2, -0.15) is 0 Å². The number of amides is 1. The van der Waals surface area contributed by atoms with Crippen molar-refractivity contribution in [1.82, 2.24) is 10.2 Å². The summed E-state index contributed by atoms with van der Waals surface area (Å²) in [7, 11) is 4.07. The molecule has 0 aliphatic rings. The van der Waals surface area contributed by atoms with E-state index < -0.39 is 0 Å². The van der Waals surface area contributed by atoms with Crippen LogP contribution < -0.4 is 10.1 Å². The van der Waals surface area contributed by atoms with Gasteiger partial charge in [0.1, 0.15) is 5.75 Å².